The molecule has 1 fully saturated rings. The number of hydrogen-bond acceptors (Lipinski definition) is 0. The first-order valence-corrected chi connectivity index (χ1v) is 42.1. The summed E-state index contributed by atoms with van der Waals surface area (Å²) in [4.78, 5) is 0. The van der Waals surface area contributed by atoms with Crippen molar-refractivity contribution in [1.29, 1.82) is 0 Å². The van der Waals surface area contributed by atoms with Crippen LogP contribution in [0, 0.1) is 55.3 Å². The largest absolute Gasteiger partial charge is 0.0836 e. The molecule has 10 aliphatic rings. The van der Waals surface area contributed by atoms with E-state index in [1.165, 1.54) is 232 Å². The minimum Gasteiger partial charge on any atom is -0.0836 e. The van der Waals surface area contributed by atoms with Crippen LogP contribution in [0.25, 0.3) is 5.57 Å². The number of benzene rings is 6. The highest BCUT2D eigenvalue weighted by Gasteiger charge is 2.31. The molecular formula is C107H120. The van der Waals surface area contributed by atoms with Crippen molar-refractivity contribution in [2.24, 2.45) is 41.4 Å². The summed E-state index contributed by atoms with van der Waals surface area (Å²) in [6, 6.07) is 51.7. The average Bonchev–Trinajstić information content (AvgIpc) is 1.71. The summed E-state index contributed by atoms with van der Waals surface area (Å²) < 4.78 is 0. The lowest BCUT2D eigenvalue weighted by molar-refractivity contribution is 0.272. The number of aryl methyl sites for hydroxylation is 6. The van der Waals surface area contributed by atoms with Gasteiger partial charge in [-0.3, -0.25) is 0 Å². The zero-order valence-electron chi connectivity index (χ0n) is 65.9. The first kappa shape index (κ1) is 75.0. The maximum atomic E-state index is 2.46. The molecule has 6 aromatic rings. The van der Waals surface area contributed by atoms with Gasteiger partial charge in [-0.25, -0.2) is 0 Å². The molecule has 0 heteroatoms. The molecule has 548 valence electrons. The maximum absolute atomic E-state index is 2.46. The first-order chi connectivity index (χ1) is 52.4. The second-order valence-electron chi connectivity index (χ2n) is 33.5. The third kappa shape index (κ3) is 19.4. The number of rotatable bonds is 25. The van der Waals surface area contributed by atoms with Gasteiger partial charge in [-0.15, -0.1) is 0 Å². The Hall–Kier alpha value is -8.84. The Bertz CT molecular complexity index is 4620. The van der Waals surface area contributed by atoms with Crippen molar-refractivity contribution in [3.8, 4) is 0 Å². The minimum atomic E-state index is 0.403. The van der Waals surface area contributed by atoms with Crippen LogP contribution in [-0.4, -0.2) is 0 Å². The van der Waals surface area contributed by atoms with Crippen molar-refractivity contribution < 1.29 is 0 Å². The molecular weight excluding hydrogens is 1290 g/mol. The number of hydrogen-bond donors (Lipinski definition) is 0. The fourth-order valence-corrected chi connectivity index (χ4v) is 18.5. The zero-order valence-corrected chi connectivity index (χ0v) is 65.9. The van der Waals surface area contributed by atoms with Crippen molar-refractivity contribution in [3.63, 3.8) is 0 Å². The number of fused-ring (bicyclic) bond motifs is 4. The molecule has 0 N–H and O–H groups in total. The van der Waals surface area contributed by atoms with Gasteiger partial charge in [-0.2, -0.15) is 0 Å². The van der Waals surface area contributed by atoms with Crippen LogP contribution in [0.4, 0.5) is 0 Å². The summed E-state index contributed by atoms with van der Waals surface area (Å²) in [5.41, 5.74) is 36.6. The Labute approximate surface area is 646 Å². The van der Waals surface area contributed by atoms with Crippen molar-refractivity contribution in [3.05, 3.63) is 395 Å². The minimum absolute atomic E-state index is 0.403. The van der Waals surface area contributed by atoms with Crippen LogP contribution in [0.3, 0.4) is 0 Å². The Kier molecular flexibility index (Phi) is 25.5. The zero-order chi connectivity index (χ0) is 73.4. The molecule has 16 rings (SSSR count). The molecule has 0 nitrogen and oxygen atoms in total. The molecule has 0 bridgehead atoms. The van der Waals surface area contributed by atoms with E-state index >= 15 is 0 Å². The third-order valence-corrected chi connectivity index (χ3v) is 25.5. The van der Waals surface area contributed by atoms with Crippen molar-refractivity contribution in [1.82, 2.24) is 0 Å². The van der Waals surface area contributed by atoms with Crippen LogP contribution in [0.1, 0.15) is 208 Å². The average molecular weight is 1410 g/mol. The first-order valence-electron chi connectivity index (χ1n) is 42.1. The fourth-order valence-electron chi connectivity index (χ4n) is 18.5. The summed E-state index contributed by atoms with van der Waals surface area (Å²) in [6.45, 7) is 16.1. The molecule has 5 unspecified atom stereocenters. The van der Waals surface area contributed by atoms with Gasteiger partial charge in [0.15, 0.2) is 0 Å². The SMILES string of the molecule is CC(C)c1ccc(CCCc2ccc(CC3=CC=C(C4=CCCC=C4)C4C=CC=C34)cc2)cc1.CCC(C)CCC(CC)Cc1ccc(CC2=CC=C(c3ccc4c(c3)CCC4)C3C=CC=C23)cc1C.Cc1ccc(CC2CCC(Cc3ccc(CC4=CC=C(C5=CCCC=C5)C5C=CC=C45)cc3)CC2)cc1. The van der Waals surface area contributed by atoms with Gasteiger partial charge in [0.2, 0.25) is 0 Å². The molecule has 0 heterocycles. The molecule has 10 aliphatic carbocycles. The predicted octanol–water partition coefficient (Wildman–Crippen LogP) is 27.7. The monoisotopic (exact) mass is 1400 g/mol. The molecule has 0 saturated heterocycles. The molecule has 0 radical (unpaired) electrons. The summed E-state index contributed by atoms with van der Waals surface area (Å²) in [6.07, 6.45) is 78.7. The fraction of sp³-hybridized carbons (Fsp3) is 0.364. The molecule has 6 aromatic carbocycles. The number of allylic oxidation sites excluding steroid dienone is 32. The molecule has 107 heavy (non-hydrogen) atoms. The molecule has 0 amide bonds. The van der Waals surface area contributed by atoms with Gasteiger partial charge in [0.25, 0.3) is 0 Å². The quantitative estimate of drug-likeness (QED) is 0.0536. The molecule has 0 aliphatic heterocycles. The van der Waals surface area contributed by atoms with Crippen molar-refractivity contribution in [2.75, 3.05) is 0 Å². The molecule has 1 saturated carbocycles. The van der Waals surface area contributed by atoms with Crippen LogP contribution in [-0.2, 0) is 64.2 Å². The third-order valence-electron chi connectivity index (χ3n) is 25.5. The van der Waals surface area contributed by atoms with Gasteiger partial charge in [-0.1, -0.05) is 321 Å². The topological polar surface area (TPSA) is 0 Å². The van der Waals surface area contributed by atoms with E-state index in [1.807, 2.05) is 0 Å². The second-order valence-corrected chi connectivity index (χ2v) is 33.5. The van der Waals surface area contributed by atoms with Gasteiger partial charge in [0, 0.05) is 17.8 Å². The molecule has 0 aromatic heterocycles. The van der Waals surface area contributed by atoms with Gasteiger partial charge in [0.05, 0.1) is 0 Å². The lowest BCUT2D eigenvalue weighted by Crippen LogP contribution is -2.18. The highest BCUT2D eigenvalue weighted by atomic mass is 14.3. The summed E-state index contributed by atoms with van der Waals surface area (Å²) in [5.74, 6) is 5.23. The van der Waals surface area contributed by atoms with Crippen LogP contribution in [0.15, 0.2) is 317 Å². The van der Waals surface area contributed by atoms with E-state index in [2.05, 4.69) is 310 Å². The highest BCUT2D eigenvalue weighted by Crippen LogP contribution is 2.46. The van der Waals surface area contributed by atoms with Gasteiger partial charge in [-0.05, 0) is 312 Å². The summed E-state index contributed by atoms with van der Waals surface area (Å²) in [5, 5.41) is 0. The molecule has 0 spiro atoms. The summed E-state index contributed by atoms with van der Waals surface area (Å²) >= 11 is 0. The lowest BCUT2D eigenvalue weighted by Gasteiger charge is -2.29. The predicted molar refractivity (Wildman–Crippen MR) is 460 cm³/mol. The van der Waals surface area contributed by atoms with Crippen LogP contribution < -0.4 is 0 Å². The Morgan fingerprint density at radius 1 is 0.411 bits per heavy atom. The van der Waals surface area contributed by atoms with E-state index in [0.717, 1.165) is 68.6 Å². The van der Waals surface area contributed by atoms with Crippen molar-refractivity contribution in [2.45, 2.75) is 208 Å². The summed E-state index contributed by atoms with van der Waals surface area (Å²) in [7, 11) is 0. The van der Waals surface area contributed by atoms with E-state index in [4.69, 9.17) is 0 Å². The van der Waals surface area contributed by atoms with Crippen LogP contribution in [0.5, 0.6) is 0 Å². The Morgan fingerprint density at radius 2 is 0.888 bits per heavy atom. The highest BCUT2D eigenvalue weighted by molar-refractivity contribution is 5.79. The van der Waals surface area contributed by atoms with E-state index < -0.39 is 0 Å². The van der Waals surface area contributed by atoms with E-state index in [9.17, 15) is 0 Å². The van der Waals surface area contributed by atoms with Crippen LogP contribution >= 0.6 is 0 Å². The lowest BCUT2D eigenvalue weighted by atomic mass is 9.77. The van der Waals surface area contributed by atoms with E-state index in [-0.39, 0.29) is 0 Å². The molecule has 5 atom stereocenters. The maximum Gasteiger partial charge on any atom is 0.0281 e. The second kappa shape index (κ2) is 36.4. The Balaban J connectivity index is 0.000000135. The van der Waals surface area contributed by atoms with Crippen LogP contribution in [0.2, 0.25) is 0 Å². The van der Waals surface area contributed by atoms with Gasteiger partial charge >= 0.3 is 0 Å². The standard InChI is InChI=1S/C37H40.C36H44.C34H36/c1-27-10-12-28(13-11-27)24-29-14-16-30(17-15-29)25-31-18-20-32(21-19-31)26-34-22-23-36(33-6-3-2-4-7-33)37-9-5-8-35(34)37;1-5-25(3)13-14-27(6-2)22-30-16-15-28(21-26(30)4)23-32-19-20-35(36-12-8-11-34(32)36)33-18-17-29-9-7-10-31(29)24-33;1-25(2)29-20-18-27(19-21-29)9-6-8-26-14-16-28(17-15-26)24-31-22-23-33(30-10-4-3-5-11-30)34-13-7-12-32(31)34/h3,5-13,18-23,29-30,37H,2,4,14-17,24-26H2,1H3;8,11-12,15-21,24-25,27,36H,5-7,9-10,13-14,22-23H2,1-4H3;4,7,10-23,25,34H,3,5-6,8-9,24H2,1-2H3. The van der Waals surface area contributed by atoms with E-state index in [1.54, 1.807) is 16.7 Å². The normalized spacial score (nSPS) is 21.3. The van der Waals surface area contributed by atoms with E-state index in [0.29, 0.717) is 23.7 Å². The van der Waals surface area contributed by atoms with Crippen molar-refractivity contribution >= 4 is 5.57 Å². The smallest absolute Gasteiger partial charge is 0.0281 e. The Morgan fingerprint density at radius 3 is 1.39 bits per heavy atom. The van der Waals surface area contributed by atoms with Gasteiger partial charge in [0.1, 0.15) is 0 Å². The van der Waals surface area contributed by atoms with Gasteiger partial charge < -0.3 is 0 Å².